The zero-order valence-corrected chi connectivity index (χ0v) is 13.0. The molecule has 4 nitrogen and oxygen atoms in total. The molecule has 20 heavy (non-hydrogen) atoms. The molecule has 1 rings (SSSR count). The van der Waals surface area contributed by atoms with Gasteiger partial charge in [0.25, 0.3) is 0 Å². The molecule has 0 saturated carbocycles. The van der Waals surface area contributed by atoms with Crippen molar-refractivity contribution < 1.29 is 14.4 Å². The number of hydrogen-bond acceptors (Lipinski definition) is 3. The van der Waals surface area contributed by atoms with Crippen LogP contribution < -0.4 is 0 Å². The maximum absolute atomic E-state index is 12.4. The van der Waals surface area contributed by atoms with Crippen molar-refractivity contribution in [3.05, 3.63) is 0 Å². The van der Waals surface area contributed by atoms with Crippen molar-refractivity contribution in [3.63, 3.8) is 0 Å². The number of unbranched alkanes of at least 4 members (excludes halogenated alkanes) is 2. The Labute approximate surface area is 121 Å². The number of hydrogen-bond donors (Lipinski definition) is 0. The molecule has 0 aromatic rings. The second kappa shape index (κ2) is 8.18. The lowest BCUT2D eigenvalue weighted by Crippen LogP contribution is -2.35. The van der Waals surface area contributed by atoms with Crippen molar-refractivity contribution in [2.75, 3.05) is 6.54 Å². The van der Waals surface area contributed by atoms with Crippen LogP contribution >= 0.6 is 0 Å². The van der Waals surface area contributed by atoms with E-state index in [1.54, 1.807) is 0 Å². The average Bonchev–Trinajstić information content (AvgIpc) is 2.65. The van der Waals surface area contributed by atoms with Crippen molar-refractivity contribution in [3.8, 4) is 0 Å². The fourth-order valence-corrected chi connectivity index (χ4v) is 3.04. The van der Waals surface area contributed by atoms with Gasteiger partial charge in [-0.3, -0.25) is 19.3 Å². The fraction of sp³-hybridized carbons (Fsp3) is 0.812. The molecule has 0 radical (unpaired) electrons. The van der Waals surface area contributed by atoms with E-state index in [1.807, 2.05) is 0 Å². The first kappa shape index (κ1) is 16.9. The highest BCUT2D eigenvalue weighted by Gasteiger charge is 2.42. The summed E-state index contributed by atoms with van der Waals surface area (Å²) >= 11 is 0. The predicted octanol–water partition coefficient (Wildman–Crippen LogP) is 2.95. The Balaban J connectivity index is 2.69. The van der Waals surface area contributed by atoms with Gasteiger partial charge in [0.15, 0.2) is 0 Å². The predicted molar refractivity (Wildman–Crippen MR) is 78.0 cm³/mol. The van der Waals surface area contributed by atoms with Gasteiger partial charge in [0.2, 0.25) is 11.8 Å². The summed E-state index contributed by atoms with van der Waals surface area (Å²) in [5.74, 6) is -0.337. The summed E-state index contributed by atoms with van der Waals surface area (Å²) in [6, 6.07) is 0. The first-order chi connectivity index (χ1) is 9.51. The van der Waals surface area contributed by atoms with Crippen LogP contribution in [-0.2, 0) is 14.4 Å². The molecule has 2 unspecified atom stereocenters. The zero-order valence-electron chi connectivity index (χ0n) is 13.0. The number of nitrogens with zero attached hydrogens (tertiary/aromatic N) is 1. The normalized spacial score (nSPS) is 20.6. The van der Waals surface area contributed by atoms with Crippen LogP contribution in [0.2, 0.25) is 0 Å². The molecule has 4 heteroatoms. The zero-order chi connectivity index (χ0) is 15.1. The monoisotopic (exact) mass is 281 g/mol. The van der Waals surface area contributed by atoms with Gasteiger partial charge in [-0.25, -0.2) is 0 Å². The Kier molecular flexibility index (Phi) is 6.89. The average molecular weight is 281 g/mol. The van der Waals surface area contributed by atoms with Gasteiger partial charge >= 0.3 is 0 Å². The molecule has 0 N–H and O–H groups in total. The van der Waals surface area contributed by atoms with Gasteiger partial charge in [-0.1, -0.05) is 39.5 Å². The maximum Gasteiger partial charge on any atom is 0.233 e. The van der Waals surface area contributed by atoms with E-state index in [4.69, 9.17) is 0 Å². The quantitative estimate of drug-likeness (QED) is 0.482. The summed E-state index contributed by atoms with van der Waals surface area (Å²) in [6.45, 7) is 5.63. The van der Waals surface area contributed by atoms with Gasteiger partial charge in [0.1, 0.15) is 5.78 Å². The molecule has 2 amide bonds. The van der Waals surface area contributed by atoms with E-state index in [2.05, 4.69) is 13.8 Å². The first-order valence-corrected chi connectivity index (χ1v) is 7.84. The van der Waals surface area contributed by atoms with Crippen LogP contribution in [0.3, 0.4) is 0 Å². The molecule has 0 aromatic carbocycles. The van der Waals surface area contributed by atoms with Gasteiger partial charge in [0, 0.05) is 6.42 Å². The van der Waals surface area contributed by atoms with Crippen LogP contribution in [-0.4, -0.2) is 29.0 Å². The summed E-state index contributed by atoms with van der Waals surface area (Å²) < 4.78 is 0. The largest absolute Gasteiger partial charge is 0.298 e. The SMILES string of the molecule is CCCCCC(CCC)C1CC(=O)N(CC(C)=O)C1=O. The Morgan fingerprint density at radius 2 is 1.90 bits per heavy atom. The second-order valence-electron chi connectivity index (χ2n) is 5.88. The molecule has 1 heterocycles. The van der Waals surface area contributed by atoms with Crippen molar-refractivity contribution in [1.82, 2.24) is 4.90 Å². The topological polar surface area (TPSA) is 54.5 Å². The van der Waals surface area contributed by atoms with E-state index in [1.165, 1.54) is 13.3 Å². The van der Waals surface area contributed by atoms with E-state index in [0.29, 0.717) is 12.3 Å². The number of likely N-dealkylation sites (tertiary alicyclic amines) is 1. The van der Waals surface area contributed by atoms with E-state index in [-0.39, 0.29) is 30.1 Å². The Hall–Kier alpha value is -1.19. The Morgan fingerprint density at radius 3 is 2.45 bits per heavy atom. The number of Topliss-reactive ketones (excluding diaryl/α,β-unsaturated/α-hetero) is 1. The lowest BCUT2D eigenvalue weighted by atomic mass is 9.83. The summed E-state index contributed by atoms with van der Waals surface area (Å²) in [7, 11) is 0. The third-order valence-electron chi connectivity index (χ3n) is 4.07. The summed E-state index contributed by atoms with van der Waals surface area (Å²) in [6.07, 6.45) is 6.77. The molecule has 2 atom stereocenters. The maximum atomic E-state index is 12.4. The third kappa shape index (κ3) is 4.43. The van der Waals surface area contributed by atoms with Crippen LogP contribution in [0.15, 0.2) is 0 Å². The van der Waals surface area contributed by atoms with E-state index in [9.17, 15) is 14.4 Å². The first-order valence-electron chi connectivity index (χ1n) is 7.84. The van der Waals surface area contributed by atoms with Crippen LogP contribution in [0.4, 0.5) is 0 Å². The minimum atomic E-state index is -0.196. The van der Waals surface area contributed by atoms with Crippen molar-refractivity contribution in [1.29, 1.82) is 0 Å². The summed E-state index contributed by atoms with van der Waals surface area (Å²) in [5, 5.41) is 0. The Morgan fingerprint density at radius 1 is 1.20 bits per heavy atom. The highest BCUT2D eigenvalue weighted by molar-refractivity contribution is 6.06. The van der Waals surface area contributed by atoms with Gasteiger partial charge in [0.05, 0.1) is 12.5 Å². The van der Waals surface area contributed by atoms with Crippen molar-refractivity contribution >= 4 is 17.6 Å². The van der Waals surface area contributed by atoms with Gasteiger partial charge in [-0.15, -0.1) is 0 Å². The summed E-state index contributed by atoms with van der Waals surface area (Å²) in [4.78, 5) is 36.6. The van der Waals surface area contributed by atoms with Crippen LogP contribution in [0.25, 0.3) is 0 Å². The molecule has 1 aliphatic heterocycles. The molecule has 0 aromatic heterocycles. The van der Waals surface area contributed by atoms with Crippen LogP contribution in [0.5, 0.6) is 0 Å². The lowest BCUT2D eigenvalue weighted by molar-refractivity contribution is -0.142. The Bertz CT molecular complexity index is 365. The third-order valence-corrected chi connectivity index (χ3v) is 4.07. The van der Waals surface area contributed by atoms with Crippen molar-refractivity contribution in [2.24, 2.45) is 11.8 Å². The van der Waals surface area contributed by atoms with Gasteiger partial charge in [-0.2, -0.15) is 0 Å². The van der Waals surface area contributed by atoms with Gasteiger partial charge in [-0.05, 0) is 25.7 Å². The van der Waals surface area contributed by atoms with E-state index < -0.39 is 0 Å². The number of carbonyl (C=O) groups excluding carboxylic acids is 3. The molecular weight excluding hydrogens is 254 g/mol. The van der Waals surface area contributed by atoms with E-state index in [0.717, 1.165) is 37.0 Å². The van der Waals surface area contributed by atoms with Crippen molar-refractivity contribution in [2.45, 2.75) is 65.7 Å². The molecule has 114 valence electrons. The second-order valence-corrected chi connectivity index (χ2v) is 5.88. The smallest absolute Gasteiger partial charge is 0.233 e. The standard InChI is InChI=1S/C16H27NO3/c1-4-6-7-9-13(8-5-2)14-10-15(19)17(16(14)20)11-12(3)18/h13-14H,4-11H2,1-3H3. The number of ketones is 1. The highest BCUT2D eigenvalue weighted by Crippen LogP contribution is 2.33. The molecule has 1 fully saturated rings. The number of imide groups is 1. The van der Waals surface area contributed by atoms with Gasteiger partial charge < -0.3 is 0 Å². The molecule has 0 bridgehead atoms. The van der Waals surface area contributed by atoms with Crippen LogP contribution in [0, 0.1) is 11.8 Å². The number of rotatable bonds is 9. The molecule has 1 saturated heterocycles. The summed E-state index contributed by atoms with van der Waals surface area (Å²) in [5.41, 5.74) is 0. The highest BCUT2D eigenvalue weighted by atomic mass is 16.2. The molecule has 1 aliphatic rings. The van der Waals surface area contributed by atoms with Crippen LogP contribution in [0.1, 0.15) is 65.7 Å². The number of amides is 2. The van der Waals surface area contributed by atoms with E-state index >= 15 is 0 Å². The lowest BCUT2D eigenvalue weighted by Gasteiger charge is -2.21. The minimum absolute atomic E-state index is 0.0536. The minimum Gasteiger partial charge on any atom is -0.298 e. The molecular formula is C16H27NO3. The molecule has 0 aliphatic carbocycles. The fourth-order valence-electron chi connectivity index (χ4n) is 3.04. The molecule has 0 spiro atoms. The number of carbonyl (C=O) groups is 3.